The van der Waals surface area contributed by atoms with Gasteiger partial charge in [-0.05, 0) is 47.9 Å². The molecule has 0 fully saturated rings. The quantitative estimate of drug-likeness (QED) is 0.664. The smallest absolute Gasteiger partial charge is 0.308 e. The van der Waals surface area contributed by atoms with E-state index in [-0.39, 0.29) is 5.69 Å². The maximum atomic E-state index is 12.8. The van der Waals surface area contributed by atoms with Crippen LogP contribution in [-0.4, -0.2) is 15.6 Å². The molecule has 1 heterocycles. The van der Waals surface area contributed by atoms with Crippen LogP contribution in [0.1, 0.15) is 5.56 Å². The molecular weight excluding hydrogens is 365 g/mol. The molecule has 0 radical (unpaired) electrons. The summed E-state index contributed by atoms with van der Waals surface area (Å²) in [6.07, 6.45) is -4.60. The first-order valence-electron chi connectivity index (χ1n) is 6.50. The first-order valence-corrected chi connectivity index (χ1v) is 7.65. The topological polar surface area (TPSA) is 66.9 Å². The number of hydrogen-bond acceptors (Lipinski definition) is 4. The number of fused-ring (bicyclic) bond motifs is 1. The minimum absolute atomic E-state index is 0.0234. The molecule has 10 heteroatoms. The van der Waals surface area contributed by atoms with Gasteiger partial charge in [-0.3, -0.25) is 0 Å². The number of alkyl halides is 3. The van der Waals surface area contributed by atoms with Crippen LogP contribution < -0.4 is 10.6 Å². The van der Waals surface area contributed by atoms with Crippen molar-refractivity contribution in [1.82, 2.24) is 9.59 Å². The standard InChI is InChI=1S/C14H8ClF3N4OS/c15-10-3-1-7(5-9(10)14(16,17)18)19-13(23)20-8-2-4-11-12(6-8)24-22-21-11/h1-6H,(H2,19,20,23). The number of nitrogens with zero attached hydrogens (tertiary/aromatic N) is 2. The Bertz CT molecular complexity index is 912. The Morgan fingerprint density at radius 3 is 2.46 bits per heavy atom. The van der Waals surface area contributed by atoms with Crippen LogP contribution in [0.2, 0.25) is 5.02 Å². The highest BCUT2D eigenvalue weighted by molar-refractivity contribution is 7.12. The van der Waals surface area contributed by atoms with Gasteiger partial charge in [0.1, 0.15) is 5.52 Å². The molecule has 0 aliphatic rings. The lowest BCUT2D eigenvalue weighted by atomic mass is 10.2. The lowest BCUT2D eigenvalue weighted by Crippen LogP contribution is -2.19. The van der Waals surface area contributed by atoms with Crippen molar-refractivity contribution >= 4 is 50.8 Å². The molecule has 0 bridgehead atoms. The summed E-state index contributed by atoms with van der Waals surface area (Å²) >= 11 is 6.70. The molecule has 3 rings (SSSR count). The van der Waals surface area contributed by atoms with Crippen molar-refractivity contribution in [2.75, 3.05) is 10.6 Å². The second-order valence-corrected chi connectivity index (χ2v) is 5.92. The van der Waals surface area contributed by atoms with E-state index in [0.717, 1.165) is 16.8 Å². The van der Waals surface area contributed by atoms with Gasteiger partial charge in [-0.15, -0.1) is 5.10 Å². The molecule has 24 heavy (non-hydrogen) atoms. The maximum absolute atomic E-state index is 12.8. The SMILES string of the molecule is O=C(Nc1ccc(Cl)c(C(F)(F)F)c1)Nc1ccc2nnsc2c1. The molecule has 0 aliphatic heterocycles. The van der Waals surface area contributed by atoms with E-state index in [2.05, 4.69) is 20.2 Å². The van der Waals surface area contributed by atoms with E-state index < -0.39 is 22.8 Å². The van der Waals surface area contributed by atoms with Crippen molar-refractivity contribution in [2.45, 2.75) is 6.18 Å². The van der Waals surface area contributed by atoms with Gasteiger partial charge in [0.2, 0.25) is 0 Å². The molecule has 0 aliphatic carbocycles. The van der Waals surface area contributed by atoms with Crippen molar-refractivity contribution in [3.8, 4) is 0 Å². The third kappa shape index (κ3) is 3.57. The zero-order chi connectivity index (χ0) is 17.3. The molecule has 0 atom stereocenters. The van der Waals surface area contributed by atoms with Gasteiger partial charge in [-0.1, -0.05) is 16.1 Å². The summed E-state index contributed by atoms with van der Waals surface area (Å²) in [7, 11) is 0. The molecule has 3 aromatic rings. The van der Waals surface area contributed by atoms with Gasteiger partial charge in [0.25, 0.3) is 0 Å². The molecule has 0 unspecified atom stereocenters. The van der Waals surface area contributed by atoms with Crippen molar-refractivity contribution in [3.05, 3.63) is 47.0 Å². The zero-order valence-electron chi connectivity index (χ0n) is 11.7. The average molecular weight is 373 g/mol. The van der Waals surface area contributed by atoms with Crippen LogP contribution in [0.4, 0.5) is 29.3 Å². The predicted octanol–water partition coefficient (Wildman–Crippen LogP) is 5.01. The molecular formula is C14H8ClF3N4OS. The number of nitrogens with one attached hydrogen (secondary N) is 2. The van der Waals surface area contributed by atoms with Crippen molar-refractivity contribution in [3.63, 3.8) is 0 Å². The largest absolute Gasteiger partial charge is 0.417 e. The fourth-order valence-electron chi connectivity index (χ4n) is 1.97. The van der Waals surface area contributed by atoms with Gasteiger partial charge in [0.15, 0.2) is 0 Å². The van der Waals surface area contributed by atoms with Gasteiger partial charge in [-0.2, -0.15) is 13.2 Å². The minimum Gasteiger partial charge on any atom is -0.308 e. The Kier molecular flexibility index (Phi) is 4.29. The number of benzene rings is 2. The fraction of sp³-hybridized carbons (Fsp3) is 0.0714. The molecule has 2 N–H and O–H groups in total. The van der Waals surface area contributed by atoms with E-state index in [1.807, 2.05) is 0 Å². The molecule has 124 valence electrons. The Morgan fingerprint density at radius 2 is 1.75 bits per heavy atom. The van der Waals surface area contributed by atoms with Gasteiger partial charge < -0.3 is 10.6 Å². The first-order chi connectivity index (χ1) is 11.3. The molecule has 1 aromatic heterocycles. The van der Waals surface area contributed by atoms with Crippen LogP contribution >= 0.6 is 23.1 Å². The van der Waals surface area contributed by atoms with Crippen LogP contribution in [0.25, 0.3) is 10.2 Å². The van der Waals surface area contributed by atoms with Crippen molar-refractivity contribution in [1.29, 1.82) is 0 Å². The number of anilines is 2. The highest BCUT2D eigenvalue weighted by Gasteiger charge is 2.33. The number of urea groups is 1. The van der Waals surface area contributed by atoms with E-state index in [9.17, 15) is 18.0 Å². The summed E-state index contributed by atoms with van der Waals surface area (Å²) in [5.41, 5.74) is 0.124. The Hall–Kier alpha value is -2.39. The molecule has 2 amide bonds. The Balaban J connectivity index is 1.75. The lowest BCUT2D eigenvalue weighted by Gasteiger charge is -2.12. The summed E-state index contributed by atoms with van der Waals surface area (Å²) in [6, 6.07) is 7.43. The number of aromatic nitrogens is 2. The maximum Gasteiger partial charge on any atom is 0.417 e. The van der Waals surface area contributed by atoms with E-state index in [1.165, 1.54) is 17.6 Å². The number of amides is 2. The number of carbonyl (C=O) groups excluding carboxylic acids is 1. The summed E-state index contributed by atoms with van der Waals surface area (Å²) in [4.78, 5) is 11.9. The first kappa shape index (κ1) is 16.5. The van der Waals surface area contributed by atoms with Gasteiger partial charge >= 0.3 is 12.2 Å². The predicted molar refractivity (Wildman–Crippen MR) is 86.5 cm³/mol. The molecule has 5 nitrogen and oxygen atoms in total. The number of hydrogen-bond donors (Lipinski definition) is 2. The molecule has 2 aromatic carbocycles. The van der Waals surface area contributed by atoms with E-state index in [4.69, 9.17) is 11.6 Å². The minimum atomic E-state index is -4.60. The third-order valence-electron chi connectivity index (χ3n) is 3.04. The second-order valence-electron chi connectivity index (χ2n) is 4.73. The van der Waals surface area contributed by atoms with Crippen LogP contribution in [0, 0.1) is 0 Å². The summed E-state index contributed by atoms with van der Waals surface area (Å²) < 4.78 is 43.0. The number of rotatable bonds is 2. The molecule has 0 spiro atoms. The van der Waals surface area contributed by atoms with Gasteiger partial charge in [0.05, 0.1) is 15.3 Å². The van der Waals surface area contributed by atoms with Gasteiger partial charge in [-0.25, -0.2) is 4.79 Å². The number of halogens is 4. The number of carbonyl (C=O) groups is 1. The normalized spacial score (nSPS) is 11.5. The summed E-state index contributed by atoms with van der Waals surface area (Å²) in [5, 5.41) is 8.30. The lowest BCUT2D eigenvalue weighted by molar-refractivity contribution is -0.137. The monoisotopic (exact) mass is 372 g/mol. The Labute approximate surface area is 142 Å². The van der Waals surface area contributed by atoms with Gasteiger partial charge in [0, 0.05) is 11.4 Å². The van der Waals surface area contributed by atoms with Crippen LogP contribution in [0.15, 0.2) is 36.4 Å². The van der Waals surface area contributed by atoms with Crippen LogP contribution in [0.5, 0.6) is 0 Å². The highest BCUT2D eigenvalue weighted by Crippen LogP contribution is 2.36. The Morgan fingerprint density at radius 1 is 1.08 bits per heavy atom. The van der Waals surface area contributed by atoms with Crippen LogP contribution in [-0.2, 0) is 6.18 Å². The fourth-order valence-corrected chi connectivity index (χ4v) is 2.79. The average Bonchev–Trinajstić information content (AvgIpc) is 2.95. The summed E-state index contributed by atoms with van der Waals surface area (Å²) in [6.45, 7) is 0. The van der Waals surface area contributed by atoms with E-state index >= 15 is 0 Å². The highest BCUT2D eigenvalue weighted by atomic mass is 35.5. The van der Waals surface area contributed by atoms with Crippen LogP contribution in [0.3, 0.4) is 0 Å². The zero-order valence-corrected chi connectivity index (χ0v) is 13.3. The summed E-state index contributed by atoms with van der Waals surface area (Å²) in [5.74, 6) is 0. The van der Waals surface area contributed by atoms with Crippen molar-refractivity contribution < 1.29 is 18.0 Å². The van der Waals surface area contributed by atoms with Crippen molar-refractivity contribution in [2.24, 2.45) is 0 Å². The molecule has 0 saturated carbocycles. The second kappa shape index (κ2) is 6.25. The third-order valence-corrected chi connectivity index (χ3v) is 4.05. The van der Waals surface area contributed by atoms with E-state index in [1.54, 1.807) is 18.2 Å². The van der Waals surface area contributed by atoms with E-state index in [0.29, 0.717) is 11.2 Å². The molecule has 0 saturated heterocycles.